The quantitative estimate of drug-likeness (QED) is 0.861. The van der Waals surface area contributed by atoms with Crippen LogP contribution in [-0.2, 0) is 15.1 Å². The molecule has 0 saturated carbocycles. The van der Waals surface area contributed by atoms with Gasteiger partial charge in [-0.1, -0.05) is 12.1 Å². The van der Waals surface area contributed by atoms with Gasteiger partial charge in [-0.2, -0.15) is 0 Å². The minimum atomic E-state index is -0.879. The van der Waals surface area contributed by atoms with Gasteiger partial charge in [0.1, 0.15) is 11.4 Å². The Kier molecular flexibility index (Phi) is 5.31. The van der Waals surface area contributed by atoms with E-state index in [1.807, 2.05) is 6.92 Å². The Morgan fingerprint density at radius 3 is 2.71 bits per heavy atom. The van der Waals surface area contributed by atoms with Crippen LogP contribution in [0.5, 0.6) is 0 Å². The summed E-state index contributed by atoms with van der Waals surface area (Å²) in [5.74, 6) is -0.582. The summed E-state index contributed by atoms with van der Waals surface area (Å²) >= 11 is 0. The van der Waals surface area contributed by atoms with Gasteiger partial charge in [0.25, 0.3) is 0 Å². The van der Waals surface area contributed by atoms with Crippen molar-refractivity contribution in [3.63, 3.8) is 0 Å². The van der Waals surface area contributed by atoms with Crippen LogP contribution in [0.25, 0.3) is 0 Å². The van der Waals surface area contributed by atoms with Crippen molar-refractivity contribution in [1.82, 2.24) is 10.2 Å². The van der Waals surface area contributed by atoms with Crippen molar-refractivity contribution in [1.29, 1.82) is 0 Å². The molecule has 1 N–H and O–H groups in total. The minimum absolute atomic E-state index is 0.279. The second kappa shape index (κ2) is 7.00. The summed E-state index contributed by atoms with van der Waals surface area (Å²) in [7, 11) is 0. The van der Waals surface area contributed by atoms with E-state index < -0.39 is 5.54 Å². The van der Waals surface area contributed by atoms with Crippen LogP contribution in [0.3, 0.4) is 0 Å². The standard InChI is InChI=1S/C16H23FN2O2/c1-3-21-15(20)16(2,13-5-7-14(17)8-6-13)19-11-4-9-18-10-12-19/h5-8,18H,3-4,9-12H2,1-2H3. The molecule has 1 aliphatic heterocycles. The van der Waals surface area contributed by atoms with Gasteiger partial charge in [0.2, 0.25) is 0 Å². The lowest BCUT2D eigenvalue weighted by molar-refractivity contribution is -0.157. The second-order valence-corrected chi connectivity index (χ2v) is 5.39. The van der Waals surface area contributed by atoms with Gasteiger partial charge >= 0.3 is 5.97 Å². The van der Waals surface area contributed by atoms with Gasteiger partial charge in [0.15, 0.2) is 0 Å². The summed E-state index contributed by atoms with van der Waals surface area (Å²) < 4.78 is 18.5. The highest BCUT2D eigenvalue weighted by Gasteiger charge is 2.42. The molecule has 1 aromatic rings. The van der Waals surface area contributed by atoms with Gasteiger partial charge in [-0.15, -0.1) is 0 Å². The number of esters is 1. The Hall–Kier alpha value is -1.46. The van der Waals surface area contributed by atoms with E-state index in [0.29, 0.717) is 6.61 Å². The predicted molar refractivity (Wildman–Crippen MR) is 79.4 cm³/mol. The van der Waals surface area contributed by atoms with Crippen molar-refractivity contribution >= 4 is 5.97 Å². The Balaban J connectivity index is 2.37. The number of rotatable bonds is 4. The van der Waals surface area contributed by atoms with E-state index in [1.165, 1.54) is 12.1 Å². The highest BCUT2D eigenvalue weighted by Crippen LogP contribution is 2.30. The average molecular weight is 294 g/mol. The maximum atomic E-state index is 13.2. The van der Waals surface area contributed by atoms with Crippen LogP contribution in [0.2, 0.25) is 0 Å². The zero-order chi connectivity index (χ0) is 15.3. The average Bonchev–Trinajstić information content (AvgIpc) is 2.77. The molecule has 0 radical (unpaired) electrons. The van der Waals surface area contributed by atoms with E-state index in [9.17, 15) is 9.18 Å². The van der Waals surface area contributed by atoms with Gasteiger partial charge in [0, 0.05) is 19.6 Å². The molecule has 0 bridgehead atoms. The molecule has 1 aromatic carbocycles. The normalized spacial score (nSPS) is 19.6. The smallest absolute Gasteiger partial charge is 0.330 e. The Morgan fingerprint density at radius 2 is 2.05 bits per heavy atom. The third kappa shape index (κ3) is 3.41. The fraction of sp³-hybridized carbons (Fsp3) is 0.562. The molecule has 5 heteroatoms. The third-order valence-electron chi connectivity index (χ3n) is 4.05. The number of hydrogen-bond donors (Lipinski definition) is 1. The van der Waals surface area contributed by atoms with Gasteiger partial charge in [-0.25, -0.2) is 9.18 Å². The number of benzene rings is 1. The molecule has 1 heterocycles. The molecule has 0 amide bonds. The number of carbonyl (C=O) groups excluding carboxylic acids is 1. The third-order valence-corrected chi connectivity index (χ3v) is 4.05. The van der Waals surface area contributed by atoms with E-state index in [2.05, 4.69) is 10.2 Å². The van der Waals surface area contributed by atoms with Crippen molar-refractivity contribution < 1.29 is 13.9 Å². The second-order valence-electron chi connectivity index (χ2n) is 5.39. The van der Waals surface area contributed by atoms with Gasteiger partial charge in [-0.3, -0.25) is 4.90 Å². The summed E-state index contributed by atoms with van der Waals surface area (Å²) in [5, 5.41) is 3.33. The first kappa shape index (κ1) is 15.9. The van der Waals surface area contributed by atoms with Gasteiger partial charge in [0.05, 0.1) is 6.61 Å². The summed E-state index contributed by atoms with van der Waals surface area (Å²) in [6.45, 7) is 7.33. The van der Waals surface area contributed by atoms with Crippen molar-refractivity contribution in [3.05, 3.63) is 35.6 Å². The van der Waals surface area contributed by atoms with E-state index in [4.69, 9.17) is 4.74 Å². The van der Waals surface area contributed by atoms with Gasteiger partial charge < -0.3 is 10.1 Å². The van der Waals surface area contributed by atoms with E-state index in [0.717, 1.165) is 38.2 Å². The predicted octanol–water partition coefficient (Wildman–Crippen LogP) is 1.90. The Bertz CT molecular complexity index is 470. The molecule has 4 nitrogen and oxygen atoms in total. The van der Waals surface area contributed by atoms with Crippen LogP contribution in [0.1, 0.15) is 25.8 Å². The van der Waals surface area contributed by atoms with Crippen LogP contribution < -0.4 is 5.32 Å². The number of nitrogens with one attached hydrogen (secondary N) is 1. The van der Waals surface area contributed by atoms with Crippen molar-refractivity contribution in [2.75, 3.05) is 32.8 Å². The van der Waals surface area contributed by atoms with Crippen LogP contribution in [-0.4, -0.2) is 43.7 Å². The van der Waals surface area contributed by atoms with Gasteiger partial charge in [-0.05, 0) is 44.5 Å². The van der Waals surface area contributed by atoms with E-state index in [1.54, 1.807) is 19.1 Å². The van der Waals surface area contributed by atoms with Crippen LogP contribution >= 0.6 is 0 Å². The van der Waals surface area contributed by atoms with Crippen LogP contribution in [0.4, 0.5) is 4.39 Å². The highest BCUT2D eigenvalue weighted by molar-refractivity contribution is 5.82. The number of halogens is 1. The largest absolute Gasteiger partial charge is 0.464 e. The summed E-state index contributed by atoms with van der Waals surface area (Å²) in [6, 6.07) is 6.13. The molecule has 2 rings (SSSR count). The zero-order valence-corrected chi connectivity index (χ0v) is 12.7. The van der Waals surface area contributed by atoms with Crippen molar-refractivity contribution in [3.8, 4) is 0 Å². The molecule has 21 heavy (non-hydrogen) atoms. The monoisotopic (exact) mass is 294 g/mol. The minimum Gasteiger partial charge on any atom is -0.464 e. The molecule has 1 atom stereocenters. The Morgan fingerprint density at radius 1 is 1.33 bits per heavy atom. The first-order chi connectivity index (χ1) is 10.1. The Labute approximate surface area is 125 Å². The molecule has 0 aromatic heterocycles. The number of ether oxygens (including phenoxy) is 1. The maximum absolute atomic E-state index is 13.2. The number of carbonyl (C=O) groups is 1. The highest BCUT2D eigenvalue weighted by atomic mass is 19.1. The molecule has 0 aliphatic carbocycles. The van der Waals surface area contributed by atoms with Crippen molar-refractivity contribution in [2.45, 2.75) is 25.8 Å². The SMILES string of the molecule is CCOC(=O)C(C)(c1ccc(F)cc1)N1CCCNCC1. The lowest BCUT2D eigenvalue weighted by Gasteiger charge is -2.38. The van der Waals surface area contributed by atoms with E-state index in [-0.39, 0.29) is 11.8 Å². The van der Waals surface area contributed by atoms with E-state index >= 15 is 0 Å². The maximum Gasteiger partial charge on any atom is 0.330 e. The molecule has 1 saturated heterocycles. The fourth-order valence-corrected chi connectivity index (χ4v) is 2.77. The zero-order valence-electron chi connectivity index (χ0n) is 12.7. The van der Waals surface area contributed by atoms with Crippen LogP contribution in [0.15, 0.2) is 24.3 Å². The molecular weight excluding hydrogens is 271 g/mol. The first-order valence-electron chi connectivity index (χ1n) is 7.48. The molecule has 0 spiro atoms. The summed E-state index contributed by atoms with van der Waals surface area (Å²) in [4.78, 5) is 14.7. The molecular formula is C16H23FN2O2. The van der Waals surface area contributed by atoms with Crippen LogP contribution in [0, 0.1) is 5.82 Å². The summed E-state index contributed by atoms with van der Waals surface area (Å²) in [5.41, 5.74) is -0.111. The molecule has 116 valence electrons. The molecule has 1 unspecified atom stereocenters. The van der Waals surface area contributed by atoms with Crippen molar-refractivity contribution in [2.24, 2.45) is 0 Å². The molecule has 1 fully saturated rings. The fourth-order valence-electron chi connectivity index (χ4n) is 2.77. The topological polar surface area (TPSA) is 41.6 Å². The molecule has 1 aliphatic rings. The first-order valence-corrected chi connectivity index (χ1v) is 7.48. The lowest BCUT2D eigenvalue weighted by Crippen LogP contribution is -2.52. The lowest BCUT2D eigenvalue weighted by atomic mass is 9.89. The number of nitrogens with zero attached hydrogens (tertiary/aromatic N) is 1. The summed E-state index contributed by atoms with van der Waals surface area (Å²) in [6.07, 6.45) is 0.968. The number of hydrogen-bond acceptors (Lipinski definition) is 4.